The second-order valence-electron chi connectivity index (χ2n) is 12.9. The minimum absolute atomic E-state index is 0.191. The van der Waals surface area contributed by atoms with Crippen LogP contribution in [0.2, 0.25) is 0 Å². The molecule has 2 saturated carbocycles. The third-order valence-electron chi connectivity index (χ3n) is 9.25. The largest absolute Gasteiger partial charge is 0.527 e. The Bertz CT molecular complexity index is 1440. The zero-order chi connectivity index (χ0) is 30.0. The zero-order valence-corrected chi connectivity index (χ0v) is 25.9. The van der Waals surface area contributed by atoms with Gasteiger partial charge in [0, 0.05) is 40.7 Å². The van der Waals surface area contributed by atoms with Crippen molar-refractivity contribution < 1.29 is 13.7 Å². The second-order valence-corrected chi connectivity index (χ2v) is 13.5. The number of hydrogen-bond donors (Lipinski definition) is 2. The van der Waals surface area contributed by atoms with Crippen LogP contribution in [0.5, 0.6) is 5.88 Å². The Balaban J connectivity index is 1.14. The quantitative estimate of drug-likeness (QED) is 0.175. The van der Waals surface area contributed by atoms with E-state index >= 15 is 0 Å². The molecule has 10 nitrogen and oxygen atoms in total. The van der Waals surface area contributed by atoms with Crippen molar-refractivity contribution in [1.29, 1.82) is 0 Å². The Labute approximate surface area is 257 Å². The van der Waals surface area contributed by atoms with E-state index in [1.165, 1.54) is 25.7 Å². The van der Waals surface area contributed by atoms with Crippen molar-refractivity contribution in [3.63, 3.8) is 0 Å². The summed E-state index contributed by atoms with van der Waals surface area (Å²) in [5.41, 5.74) is 6.07. The summed E-state index contributed by atoms with van der Waals surface area (Å²) in [5.74, 6) is 4.64. The van der Waals surface area contributed by atoms with Gasteiger partial charge in [-0.25, -0.2) is 9.67 Å². The van der Waals surface area contributed by atoms with E-state index < -0.39 is 5.91 Å². The first-order chi connectivity index (χ1) is 20.8. The van der Waals surface area contributed by atoms with E-state index in [-0.39, 0.29) is 11.6 Å². The van der Waals surface area contributed by atoms with Crippen LogP contribution in [0.15, 0.2) is 47.6 Å². The summed E-state index contributed by atoms with van der Waals surface area (Å²) in [7, 11) is 0. The van der Waals surface area contributed by atoms with Gasteiger partial charge in [0.1, 0.15) is 11.6 Å². The van der Waals surface area contributed by atoms with Gasteiger partial charge in [0.25, 0.3) is 5.91 Å². The van der Waals surface area contributed by atoms with Crippen molar-refractivity contribution in [2.24, 2.45) is 23.5 Å². The number of rotatable bonds is 15. The van der Waals surface area contributed by atoms with Gasteiger partial charge in [-0.3, -0.25) is 4.79 Å². The molecule has 3 aromatic rings. The molecular formula is C32H42N7O3S+. The molecule has 11 heteroatoms. The number of amides is 1. The smallest absolute Gasteiger partial charge is 0.477 e. The first-order valence-electron chi connectivity index (χ1n) is 15.6. The predicted molar refractivity (Wildman–Crippen MR) is 167 cm³/mol. The van der Waals surface area contributed by atoms with E-state index in [2.05, 4.69) is 34.1 Å². The van der Waals surface area contributed by atoms with Crippen LogP contribution >= 0.6 is 0 Å². The molecule has 3 N–H and O–H groups in total. The van der Waals surface area contributed by atoms with Crippen LogP contribution in [-0.4, -0.2) is 50.4 Å². The summed E-state index contributed by atoms with van der Waals surface area (Å²) in [6.07, 6.45) is 12.2. The van der Waals surface area contributed by atoms with Gasteiger partial charge in [-0.15, -0.1) is 5.10 Å². The minimum Gasteiger partial charge on any atom is -0.477 e. The van der Waals surface area contributed by atoms with Gasteiger partial charge in [-0.1, -0.05) is 6.07 Å². The van der Waals surface area contributed by atoms with Gasteiger partial charge in [0.15, 0.2) is 5.82 Å². The van der Waals surface area contributed by atoms with E-state index in [0.29, 0.717) is 52.2 Å². The molecule has 0 bridgehead atoms. The fourth-order valence-electron chi connectivity index (χ4n) is 6.77. The molecule has 0 aromatic carbocycles. The zero-order valence-electron chi connectivity index (χ0n) is 25.1. The summed E-state index contributed by atoms with van der Waals surface area (Å²) in [6.45, 7) is 5.79. The van der Waals surface area contributed by atoms with Crippen LogP contribution in [-0.2, 0) is 15.9 Å². The molecule has 1 aliphatic heterocycles. The normalized spacial score (nSPS) is 19.5. The molecule has 1 saturated heterocycles. The maximum Gasteiger partial charge on any atom is 0.527 e. The number of nitrogens with one attached hydrogen (secondary N) is 1. The number of primary amides is 1. The number of carbonyl (C=O) groups is 1. The fraction of sp³-hybridized carbons (Fsp3) is 0.562. The molecule has 43 heavy (non-hydrogen) atoms. The molecule has 6 rings (SSSR count). The van der Waals surface area contributed by atoms with Crippen LogP contribution in [0, 0.1) is 17.8 Å². The van der Waals surface area contributed by atoms with Crippen LogP contribution in [0.4, 0.5) is 11.6 Å². The minimum atomic E-state index is -0.496. The number of pyridine rings is 2. The van der Waals surface area contributed by atoms with Crippen molar-refractivity contribution >= 4 is 29.2 Å². The molecule has 4 heterocycles. The number of carbonyl (C=O) groups excluding carboxylic acids is 1. The lowest BCUT2D eigenvalue weighted by Crippen LogP contribution is -2.45. The van der Waals surface area contributed by atoms with Crippen molar-refractivity contribution in [2.75, 3.05) is 23.4 Å². The molecule has 2 aliphatic carbocycles. The molecule has 1 unspecified atom stereocenters. The Hall–Kier alpha value is -3.60. The Morgan fingerprint density at radius 1 is 1.12 bits per heavy atom. The standard InChI is InChI=1S/C32H41N7O3S/c1-32(2)17-14-23(5-4-18-34-26-6-3-7-29(35-26)43-41)39(32)31-25(30(33)40)12-13-27(36-31)38-19-15-28(37-38)42-20-16-24(21-8-9-21)22-10-11-22/h3,6-7,12-13,15,19,21-24H,4-5,8-11,14,16-18,20H2,1-2H3,(H2-,33,34,35,40)/p+1. The van der Waals surface area contributed by atoms with E-state index in [0.717, 1.165) is 56.4 Å². The molecule has 0 radical (unpaired) electrons. The highest BCUT2D eigenvalue weighted by Crippen LogP contribution is 2.50. The van der Waals surface area contributed by atoms with Crippen molar-refractivity contribution in [2.45, 2.75) is 88.2 Å². The summed E-state index contributed by atoms with van der Waals surface area (Å²) in [6, 6.07) is 11.0. The SMILES string of the molecule is CC1(C)CCC(CCCNc2cccc([S+]=O)n2)N1c1nc(-n2ccc(OCCC(C3CC3)C3CC3)n2)ccc1C(N)=O. The van der Waals surface area contributed by atoms with Gasteiger partial charge in [0.2, 0.25) is 5.88 Å². The van der Waals surface area contributed by atoms with Crippen LogP contribution < -0.4 is 20.7 Å². The number of ether oxygens (including phenoxy) is 1. The Morgan fingerprint density at radius 3 is 2.63 bits per heavy atom. The summed E-state index contributed by atoms with van der Waals surface area (Å²) >= 11 is 0.389. The summed E-state index contributed by atoms with van der Waals surface area (Å²) < 4.78 is 18.9. The fourth-order valence-corrected chi connectivity index (χ4v) is 7.04. The lowest BCUT2D eigenvalue weighted by atomic mass is 9.95. The molecule has 0 spiro atoms. The monoisotopic (exact) mass is 604 g/mol. The van der Waals surface area contributed by atoms with Crippen LogP contribution in [0.25, 0.3) is 5.82 Å². The number of nitrogens with two attached hydrogens (primary N) is 1. The van der Waals surface area contributed by atoms with Gasteiger partial charge in [-0.05, 0) is 108 Å². The lowest BCUT2D eigenvalue weighted by molar-refractivity contribution is 0.1000. The number of aromatic nitrogens is 4. The molecule has 3 aromatic heterocycles. The molecule has 228 valence electrons. The highest BCUT2D eigenvalue weighted by Gasteiger charge is 2.42. The van der Waals surface area contributed by atoms with Crippen molar-refractivity contribution in [3.05, 3.63) is 48.2 Å². The summed E-state index contributed by atoms with van der Waals surface area (Å²) in [4.78, 5) is 24.1. The average Bonchev–Trinajstić information content (AvgIpc) is 3.94. The Kier molecular flexibility index (Phi) is 8.61. The van der Waals surface area contributed by atoms with E-state index in [1.54, 1.807) is 22.9 Å². The number of hydrogen-bond acceptors (Lipinski definition) is 8. The third-order valence-corrected chi connectivity index (χ3v) is 9.64. The second kappa shape index (κ2) is 12.6. The van der Waals surface area contributed by atoms with Gasteiger partial charge in [-0.2, -0.15) is 4.98 Å². The number of anilines is 2. The van der Waals surface area contributed by atoms with E-state index in [9.17, 15) is 9.00 Å². The molecule has 3 aliphatic rings. The van der Waals surface area contributed by atoms with Crippen molar-refractivity contribution in [1.82, 2.24) is 19.7 Å². The Morgan fingerprint density at radius 2 is 1.91 bits per heavy atom. The van der Waals surface area contributed by atoms with Crippen molar-refractivity contribution in [3.8, 4) is 11.7 Å². The van der Waals surface area contributed by atoms with Gasteiger partial charge in [0.05, 0.1) is 12.2 Å². The first-order valence-corrected chi connectivity index (χ1v) is 16.4. The highest BCUT2D eigenvalue weighted by molar-refractivity contribution is 7.65. The van der Waals surface area contributed by atoms with Gasteiger partial charge < -0.3 is 20.7 Å². The number of nitrogens with zero attached hydrogens (tertiary/aromatic N) is 5. The highest BCUT2D eigenvalue weighted by atomic mass is 32.1. The van der Waals surface area contributed by atoms with E-state index in [4.69, 9.17) is 15.5 Å². The topological polar surface area (TPSA) is 128 Å². The molecule has 3 fully saturated rings. The first kappa shape index (κ1) is 29.5. The molecule has 1 amide bonds. The third kappa shape index (κ3) is 6.98. The van der Waals surface area contributed by atoms with Crippen LogP contribution in [0.3, 0.4) is 0 Å². The van der Waals surface area contributed by atoms with Crippen LogP contribution in [0.1, 0.15) is 82.0 Å². The lowest BCUT2D eigenvalue weighted by Gasteiger charge is -2.38. The summed E-state index contributed by atoms with van der Waals surface area (Å²) in [5, 5.41) is 8.43. The maximum absolute atomic E-state index is 12.6. The molecular weight excluding hydrogens is 562 g/mol. The maximum atomic E-state index is 12.6. The average molecular weight is 605 g/mol. The van der Waals surface area contributed by atoms with Gasteiger partial charge >= 0.3 is 16.7 Å². The molecule has 1 atom stereocenters. The predicted octanol–water partition coefficient (Wildman–Crippen LogP) is 5.39. The van der Waals surface area contributed by atoms with E-state index in [1.807, 2.05) is 24.4 Å².